The molecule has 4 rings (SSSR count). The number of Topliss-reactive ketones (excluding diaryl/α,β-unsaturated/α-hetero) is 1. The number of nitrogens with zero attached hydrogens (tertiary/aromatic N) is 3. The first kappa shape index (κ1) is 24.6. The molecule has 0 bridgehead atoms. The fourth-order valence-corrected chi connectivity index (χ4v) is 4.93. The Kier molecular flexibility index (Phi) is 6.73. The lowest BCUT2D eigenvalue weighted by atomic mass is 9.78. The van der Waals surface area contributed by atoms with E-state index in [2.05, 4.69) is 0 Å². The molecule has 0 aromatic heterocycles. The fraction of sp³-hybridized carbons (Fsp3) is 0.250. The molecule has 1 fully saturated rings. The molecule has 180 valence electrons. The minimum Gasteiger partial charge on any atom is -0.292 e. The van der Waals surface area contributed by atoms with Gasteiger partial charge in [-0.05, 0) is 42.7 Å². The predicted molar refractivity (Wildman–Crippen MR) is 127 cm³/mol. The Labute approximate surface area is 210 Å². The molecule has 9 nitrogen and oxygen atoms in total. The number of nitro benzene ring substituents is 1. The van der Waals surface area contributed by atoms with Gasteiger partial charge in [0.25, 0.3) is 23.4 Å². The minimum absolute atomic E-state index is 0.0350. The summed E-state index contributed by atoms with van der Waals surface area (Å²) in [6.07, 6.45) is 4.01. The van der Waals surface area contributed by atoms with Crippen LogP contribution in [0.15, 0.2) is 54.6 Å². The van der Waals surface area contributed by atoms with Crippen LogP contribution in [0.1, 0.15) is 34.1 Å². The van der Waals surface area contributed by atoms with Crippen LogP contribution in [0.4, 0.5) is 5.69 Å². The number of ketones is 1. The molecule has 0 saturated carbocycles. The van der Waals surface area contributed by atoms with Crippen LogP contribution in [0, 0.1) is 27.9 Å². The molecule has 35 heavy (non-hydrogen) atoms. The number of allylic oxidation sites excluding steroid dienone is 2. The van der Waals surface area contributed by atoms with Crippen LogP contribution in [0.25, 0.3) is 0 Å². The average molecular weight is 516 g/mol. The van der Waals surface area contributed by atoms with Gasteiger partial charge in [-0.2, -0.15) is 5.01 Å². The smallest absolute Gasteiger partial charge is 0.273 e. The number of carbonyl (C=O) groups is 4. The summed E-state index contributed by atoms with van der Waals surface area (Å²) in [5, 5.41) is 12.9. The Morgan fingerprint density at radius 3 is 2.40 bits per heavy atom. The molecule has 11 heteroatoms. The number of amides is 3. The van der Waals surface area contributed by atoms with Crippen molar-refractivity contribution in [3.05, 3.63) is 85.9 Å². The van der Waals surface area contributed by atoms with Gasteiger partial charge < -0.3 is 0 Å². The summed E-state index contributed by atoms with van der Waals surface area (Å²) >= 11 is 12.1. The van der Waals surface area contributed by atoms with E-state index in [-0.39, 0.29) is 27.8 Å². The molecule has 2 aromatic rings. The van der Waals surface area contributed by atoms with E-state index in [9.17, 15) is 29.3 Å². The van der Waals surface area contributed by atoms with Gasteiger partial charge in [0.05, 0.1) is 21.8 Å². The van der Waals surface area contributed by atoms with E-state index in [0.717, 1.165) is 22.2 Å². The lowest BCUT2D eigenvalue weighted by molar-refractivity contribution is -0.384. The summed E-state index contributed by atoms with van der Waals surface area (Å²) in [6.45, 7) is 1.15. The molecule has 1 aliphatic heterocycles. The number of imide groups is 1. The topological polar surface area (TPSA) is 118 Å². The van der Waals surface area contributed by atoms with E-state index in [4.69, 9.17) is 23.2 Å². The molecular weight excluding hydrogens is 497 g/mol. The van der Waals surface area contributed by atoms with Crippen LogP contribution >= 0.6 is 23.2 Å². The van der Waals surface area contributed by atoms with Gasteiger partial charge in [-0.25, -0.2) is 5.01 Å². The fourth-order valence-electron chi connectivity index (χ4n) is 4.41. The van der Waals surface area contributed by atoms with Crippen molar-refractivity contribution >= 4 is 52.4 Å². The van der Waals surface area contributed by atoms with Crippen molar-refractivity contribution in [1.82, 2.24) is 10.0 Å². The van der Waals surface area contributed by atoms with E-state index in [1.54, 1.807) is 0 Å². The summed E-state index contributed by atoms with van der Waals surface area (Å²) in [6, 6.07) is 8.88. The maximum absolute atomic E-state index is 13.5. The lowest BCUT2D eigenvalue weighted by Gasteiger charge is -2.30. The summed E-state index contributed by atoms with van der Waals surface area (Å²) in [5.74, 6) is -4.16. The van der Waals surface area contributed by atoms with Gasteiger partial charge in [-0.15, -0.1) is 0 Å². The van der Waals surface area contributed by atoms with Crippen molar-refractivity contribution in [2.45, 2.75) is 13.3 Å². The Morgan fingerprint density at radius 1 is 1.11 bits per heavy atom. The third-order valence-corrected chi connectivity index (χ3v) is 6.72. The second-order valence-corrected chi connectivity index (χ2v) is 9.20. The number of non-ortho nitro benzene ring substituents is 1. The predicted octanol–water partition coefficient (Wildman–Crippen LogP) is 4.34. The molecular formula is C24H19Cl2N3O6. The van der Waals surface area contributed by atoms with Gasteiger partial charge in [-0.3, -0.25) is 29.3 Å². The van der Waals surface area contributed by atoms with Crippen LogP contribution in [0.5, 0.6) is 0 Å². The van der Waals surface area contributed by atoms with Crippen LogP contribution in [0.3, 0.4) is 0 Å². The van der Waals surface area contributed by atoms with Gasteiger partial charge in [0.15, 0.2) is 5.78 Å². The third kappa shape index (κ3) is 4.56. The second kappa shape index (κ2) is 9.59. The van der Waals surface area contributed by atoms with Crippen LogP contribution in [0.2, 0.25) is 10.0 Å². The van der Waals surface area contributed by atoms with E-state index < -0.39 is 46.8 Å². The standard InChI is InChI=1S/C24H19Cl2N3O6/c1-13-3-2-4-18-21(13)24(33)28(23(18)32)27(12-20(30)17-10-7-15(25)11-19(17)26)22(31)14-5-8-16(9-6-14)29(34)35/h2-3,5-11,13,18,21H,4,12H2,1H3/t13-,18+,21+/m1/s1. The Bertz CT molecular complexity index is 1280. The van der Waals surface area contributed by atoms with Crippen molar-refractivity contribution in [1.29, 1.82) is 0 Å². The van der Waals surface area contributed by atoms with Crippen LogP contribution in [-0.2, 0) is 9.59 Å². The Balaban J connectivity index is 1.72. The molecule has 0 spiro atoms. The van der Waals surface area contributed by atoms with Crippen molar-refractivity contribution in [2.75, 3.05) is 6.54 Å². The maximum Gasteiger partial charge on any atom is 0.273 e. The van der Waals surface area contributed by atoms with Gasteiger partial charge in [0.2, 0.25) is 0 Å². The van der Waals surface area contributed by atoms with Crippen LogP contribution < -0.4 is 0 Å². The first-order valence-corrected chi connectivity index (χ1v) is 11.4. The van der Waals surface area contributed by atoms with Gasteiger partial charge in [0.1, 0.15) is 6.54 Å². The molecule has 2 aliphatic rings. The Hall–Kier alpha value is -3.56. The third-order valence-electron chi connectivity index (χ3n) is 6.18. The maximum atomic E-state index is 13.5. The molecule has 1 aliphatic carbocycles. The first-order valence-electron chi connectivity index (χ1n) is 10.7. The van der Waals surface area contributed by atoms with Crippen LogP contribution in [-0.4, -0.2) is 45.0 Å². The summed E-state index contributed by atoms with van der Waals surface area (Å²) in [7, 11) is 0. The number of fused-ring (bicyclic) bond motifs is 1. The monoisotopic (exact) mass is 515 g/mol. The number of rotatable bonds is 6. The molecule has 2 aromatic carbocycles. The van der Waals surface area contributed by atoms with Gasteiger partial charge in [0, 0.05) is 28.3 Å². The molecule has 0 unspecified atom stereocenters. The number of nitro groups is 1. The molecule has 3 amide bonds. The minimum atomic E-state index is -0.834. The zero-order chi connectivity index (χ0) is 25.4. The number of hydrogen-bond donors (Lipinski definition) is 0. The van der Waals surface area contributed by atoms with E-state index in [0.29, 0.717) is 11.4 Å². The molecule has 0 N–H and O–H groups in total. The average Bonchev–Trinajstić information content (AvgIpc) is 3.07. The number of hydrazine groups is 1. The van der Waals surface area contributed by atoms with E-state index in [1.807, 2.05) is 19.1 Å². The van der Waals surface area contributed by atoms with E-state index in [1.165, 1.54) is 30.3 Å². The van der Waals surface area contributed by atoms with Crippen molar-refractivity contribution in [3.8, 4) is 0 Å². The largest absolute Gasteiger partial charge is 0.292 e. The van der Waals surface area contributed by atoms with Crippen molar-refractivity contribution in [3.63, 3.8) is 0 Å². The number of halogens is 2. The molecule has 3 atom stereocenters. The van der Waals surface area contributed by atoms with Crippen molar-refractivity contribution < 1.29 is 24.1 Å². The molecule has 0 radical (unpaired) electrons. The summed E-state index contributed by atoms with van der Waals surface area (Å²) < 4.78 is 0. The highest BCUT2D eigenvalue weighted by Gasteiger charge is 2.53. The zero-order valence-electron chi connectivity index (χ0n) is 18.4. The molecule has 1 heterocycles. The van der Waals surface area contributed by atoms with Gasteiger partial charge in [-0.1, -0.05) is 42.3 Å². The SMILES string of the molecule is C[C@@H]1C=CC[C@@H]2C(=O)N(N(CC(=O)c3ccc(Cl)cc3Cl)C(=O)c3ccc([N+](=O)[O-])cc3)C(=O)[C@@H]12. The Morgan fingerprint density at radius 2 is 1.80 bits per heavy atom. The highest BCUT2D eigenvalue weighted by Crippen LogP contribution is 2.39. The van der Waals surface area contributed by atoms with Gasteiger partial charge >= 0.3 is 0 Å². The highest BCUT2D eigenvalue weighted by atomic mass is 35.5. The van der Waals surface area contributed by atoms with Crippen molar-refractivity contribution in [2.24, 2.45) is 17.8 Å². The lowest BCUT2D eigenvalue weighted by Crippen LogP contribution is -2.52. The number of carbonyl (C=O) groups excluding carboxylic acids is 4. The zero-order valence-corrected chi connectivity index (χ0v) is 19.9. The molecule has 1 saturated heterocycles. The number of hydrogen-bond acceptors (Lipinski definition) is 6. The summed E-state index contributed by atoms with van der Waals surface area (Å²) in [4.78, 5) is 63.6. The number of benzene rings is 2. The summed E-state index contributed by atoms with van der Waals surface area (Å²) in [5.41, 5.74) is -0.215. The second-order valence-electron chi connectivity index (χ2n) is 8.36. The quantitative estimate of drug-likeness (QED) is 0.185. The highest BCUT2D eigenvalue weighted by molar-refractivity contribution is 6.37. The first-order chi connectivity index (χ1) is 16.6. The van der Waals surface area contributed by atoms with E-state index >= 15 is 0 Å². The normalized spacial score (nSPS) is 21.1.